The summed E-state index contributed by atoms with van der Waals surface area (Å²) in [7, 11) is 0. The Balaban J connectivity index is 6.54. The van der Waals surface area contributed by atoms with E-state index in [0.717, 1.165) is 64.2 Å². The largest absolute Gasteiger partial charge is 0.509 e. The van der Waals surface area contributed by atoms with Crippen molar-refractivity contribution in [2.75, 3.05) is 0 Å². The Morgan fingerprint density at radius 1 is 0.321 bits per heavy atom. The maximum atomic E-state index is 14.8. The molecule has 2 unspecified atom stereocenters. The van der Waals surface area contributed by atoms with Crippen molar-refractivity contribution < 1.29 is 14.3 Å². The van der Waals surface area contributed by atoms with Gasteiger partial charge in [-0.3, -0.25) is 0 Å². The first-order chi connectivity index (χ1) is 27.3. The summed E-state index contributed by atoms with van der Waals surface area (Å²) < 4.78 is 14.1. The maximum absolute atomic E-state index is 14.8. The molecule has 0 aromatic carbocycles. The summed E-state index contributed by atoms with van der Waals surface area (Å²) in [5.74, 6) is 0.705. The number of hydrogen-bond acceptors (Lipinski definition) is 3. The number of ether oxygens (including phenoxy) is 2. The lowest BCUT2D eigenvalue weighted by Gasteiger charge is -2.43. The van der Waals surface area contributed by atoms with Gasteiger partial charge in [0, 0.05) is 0 Å². The van der Waals surface area contributed by atoms with Gasteiger partial charge in [0.05, 0.1) is 0 Å². The number of rotatable bonds is 44. The third-order valence-corrected chi connectivity index (χ3v) is 13.7. The summed E-state index contributed by atoms with van der Waals surface area (Å²) in [6.07, 6.45) is 49.4. The van der Waals surface area contributed by atoms with E-state index in [2.05, 4.69) is 55.4 Å². The fourth-order valence-corrected chi connectivity index (χ4v) is 9.45. The Morgan fingerprint density at radius 2 is 0.518 bits per heavy atom. The zero-order valence-corrected chi connectivity index (χ0v) is 40.2. The number of carbonyl (C=O) groups excluding carboxylic acids is 1. The number of carbonyl (C=O) groups is 1. The van der Waals surface area contributed by atoms with Crippen molar-refractivity contribution in [3.63, 3.8) is 0 Å². The van der Waals surface area contributed by atoms with Gasteiger partial charge in [0.1, 0.15) is 11.2 Å². The van der Waals surface area contributed by atoms with Crippen molar-refractivity contribution in [2.24, 2.45) is 11.8 Å². The van der Waals surface area contributed by atoms with Gasteiger partial charge in [-0.15, -0.1) is 0 Å². The molecule has 2 atom stereocenters. The Kier molecular flexibility index (Phi) is 39.2. The Hall–Kier alpha value is -0.730. The van der Waals surface area contributed by atoms with E-state index in [9.17, 15) is 4.79 Å². The summed E-state index contributed by atoms with van der Waals surface area (Å²) in [6.45, 7) is 18.7. The van der Waals surface area contributed by atoms with Crippen LogP contribution in [0.3, 0.4) is 0 Å². The lowest BCUT2D eigenvalue weighted by molar-refractivity contribution is -0.128. The Morgan fingerprint density at radius 3 is 0.750 bits per heavy atom. The Labute approximate surface area is 354 Å². The van der Waals surface area contributed by atoms with E-state index >= 15 is 0 Å². The minimum Gasteiger partial charge on any atom is -0.427 e. The standard InChI is InChI=1S/C53H106O3/c1-9-15-21-27-33-39-45-52(46-40-34-28-22-16-10-2,49(7)43-37-31-25-19-13-5)55-51(54)56-53(47-41-35-29-23-17-11-3,48-42-36-30-24-18-12-4)50(8)44-38-32-26-20-14-6/h49-50H,9-48H2,1-8H3. The molecule has 0 fully saturated rings. The first-order valence-corrected chi connectivity index (χ1v) is 26.2. The van der Waals surface area contributed by atoms with Crippen molar-refractivity contribution in [2.45, 2.75) is 323 Å². The van der Waals surface area contributed by atoms with Gasteiger partial charge in [-0.05, 0) is 76.0 Å². The van der Waals surface area contributed by atoms with Gasteiger partial charge >= 0.3 is 6.16 Å². The van der Waals surface area contributed by atoms with Crippen molar-refractivity contribution in [1.29, 1.82) is 0 Å². The summed E-state index contributed by atoms with van der Waals surface area (Å²) in [4.78, 5) is 14.8. The molecule has 0 heterocycles. The van der Waals surface area contributed by atoms with Crippen LogP contribution >= 0.6 is 0 Å². The fourth-order valence-electron chi connectivity index (χ4n) is 9.45. The molecule has 336 valence electrons. The van der Waals surface area contributed by atoms with E-state index in [1.54, 1.807) is 0 Å². The molecular formula is C53H106O3. The Bertz CT molecular complexity index is 711. The number of hydrogen-bond donors (Lipinski definition) is 0. The van der Waals surface area contributed by atoms with E-state index in [1.165, 1.54) is 193 Å². The molecule has 0 aromatic heterocycles. The van der Waals surface area contributed by atoms with Crippen LogP contribution in [0.5, 0.6) is 0 Å². The molecule has 0 N–H and O–H groups in total. The summed E-state index contributed by atoms with van der Waals surface area (Å²) in [5, 5.41) is 0. The quantitative estimate of drug-likeness (QED) is 0.0455. The first-order valence-electron chi connectivity index (χ1n) is 26.2. The molecule has 0 bridgehead atoms. The normalized spacial score (nSPS) is 13.3. The van der Waals surface area contributed by atoms with E-state index < -0.39 is 11.2 Å². The molecule has 0 aromatic rings. The second-order valence-electron chi connectivity index (χ2n) is 18.9. The third kappa shape index (κ3) is 28.7. The topological polar surface area (TPSA) is 35.5 Å². The molecule has 0 aliphatic carbocycles. The third-order valence-electron chi connectivity index (χ3n) is 13.7. The highest BCUT2D eigenvalue weighted by molar-refractivity contribution is 5.61. The van der Waals surface area contributed by atoms with Crippen LogP contribution in [0.4, 0.5) is 4.79 Å². The molecule has 0 aliphatic rings. The van der Waals surface area contributed by atoms with Crippen LogP contribution in [0, 0.1) is 11.8 Å². The molecule has 0 spiro atoms. The van der Waals surface area contributed by atoms with Crippen LogP contribution in [0.1, 0.15) is 312 Å². The van der Waals surface area contributed by atoms with Gasteiger partial charge in [-0.1, -0.05) is 248 Å². The van der Waals surface area contributed by atoms with E-state index in [0.29, 0.717) is 11.8 Å². The van der Waals surface area contributed by atoms with Crippen molar-refractivity contribution in [1.82, 2.24) is 0 Å². The van der Waals surface area contributed by atoms with E-state index in [-0.39, 0.29) is 6.16 Å². The average molecular weight is 791 g/mol. The van der Waals surface area contributed by atoms with Gasteiger partial charge in [0.2, 0.25) is 0 Å². The lowest BCUT2D eigenvalue weighted by atomic mass is 9.76. The fraction of sp³-hybridized carbons (Fsp3) is 0.981. The van der Waals surface area contributed by atoms with Crippen LogP contribution in [-0.4, -0.2) is 17.4 Å². The molecular weight excluding hydrogens is 685 g/mol. The van der Waals surface area contributed by atoms with Crippen LogP contribution < -0.4 is 0 Å². The monoisotopic (exact) mass is 791 g/mol. The van der Waals surface area contributed by atoms with Crippen LogP contribution in [-0.2, 0) is 9.47 Å². The van der Waals surface area contributed by atoms with E-state index in [4.69, 9.17) is 9.47 Å². The van der Waals surface area contributed by atoms with Gasteiger partial charge in [-0.2, -0.15) is 0 Å². The molecule has 3 nitrogen and oxygen atoms in total. The first kappa shape index (κ1) is 55.3. The predicted octanol–water partition coefficient (Wildman–Crippen LogP) is 19.6. The van der Waals surface area contributed by atoms with Crippen molar-refractivity contribution >= 4 is 6.16 Å². The van der Waals surface area contributed by atoms with Crippen molar-refractivity contribution in [3.8, 4) is 0 Å². The van der Waals surface area contributed by atoms with Crippen LogP contribution in [0.2, 0.25) is 0 Å². The minimum atomic E-state index is -0.424. The second-order valence-corrected chi connectivity index (χ2v) is 18.9. The molecule has 3 heteroatoms. The van der Waals surface area contributed by atoms with Crippen LogP contribution in [0.15, 0.2) is 0 Å². The van der Waals surface area contributed by atoms with E-state index in [1.807, 2.05) is 0 Å². The predicted molar refractivity (Wildman–Crippen MR) is 250 cm³/mol. The van der Waals surface area contributed by atoms with Gasteiger partial charge < -0.3 is 9.47 Å². The average Bonchev–Trinajstić information content (AvgIpc) is 3.19. The molecule has 0 aliphatic heterocycles. The maximum Gasteiger partial charge on any atom is 0.509 e. The molecule has 0 rings (SSSR count). The van der Waals surface area contributed by atoms with Gasteiger partial charge in [-0.25, -0.2) is 4.79 Å². The zero-order chi connectivity index (χ0) is 41.4. The van der Waals surface area contributed by atoms with Crippen LogP contribution in [0.25, 0.3) is 0 Å². The van der Waals surface area contributed by atoms with Crippen molar-refractivity contribution in [3.05, 3.63) is 0 Å². The highest BCUT2D eigenvalue weighted by atomic mass is 16.7. The van der Waals surface area contributed by atoms with Gasteiger partial charge in [0.15, 0.2) is 0 Å². The summed E-state index contributed by atoms with van der Waals surface area (Å²) in [5.41, 5.74) is -0.848. The molecule has 0 amide bonds. The molecule has 56 heavy (non-hydrogen) atoms. The molecule has 0 saturated carbocycles. The minimum absolute atomic E-state index is 0.324. The van der Waals surface area contributed by atoms with Gasteiger partial charge in [0.25, 0.3) is 0 Å². The second kappa shape index (κ2) is 39.7. The summed E-state index contributed by atoms with van der Waals surface area (Å²) in [6, 6.07) is 0. The molecule has 0 saturated heterocycles. The smallest absolute Gasteiger partial charge is 0.427 e. The summed E-state index contributed by atoms with van der Waals surface area (Å²) >= 11 is 0. The zero-order valence-electron chi connectivity index (χ0n) is 40.2. The highest BCUT2D eigenvalue weighted by Gasteiger charge is 2.44. The SMILES string of the molecule is CCCCCCCCC(CCCCCCCC)(OC(=O)OC(CCCCCCCC)(CCCCCCCC)C(C)CCCCCCC)C(C)CCCCCCC. The lowest BCUT2D eigenvalue weighted by Crippen LogP contribution is -2.47. The highest BCUT2D eigenvalue weighted by Crippen LogP contribution is 2.41. The molecule has 0 radical (unpaired) electrons. The number of unbranched alkanes of at least 4 members (excludes halogenated alkanes) is 28.